The van der Waals surface area contributed by atoms with Crippen molar-refractivity contribution in [2.45, 2.75) is 19.4 Å². The molecule has 2 heterocycles. The van der Waals surface area contributed by atoms with E-state index in [1.165, 1.54) is 12.1 Å². The number of amides is 1. The Kier molecular flexibility index (Phi) is 7.25. The SMILES string of the molecule is Cc1c(-c2cnc(N)c(-c3ccc(C(=O)NC(CO)c4ccc(C(F)F)c(F)c4)c(F)c3)c2)cnn1C. The van der Waals surface area contributed by atoms with Crippen LogP contribution in [0.4, 0.5) is 23.4 Å². The van der Waals surface area contributed by atoms with Gasteiger partial charge in [0.25, 0.3) is 12.3 Å². The number of hydrogen-bond acceptors (Lipinski definition) is 5. The number of hydrogen-bond donors (Lipinski definition) is 3. The fourth-order valence-corrected chi connectivity index (χ4v) is 3.91. The number of nitrogen functional groups attached to an aromatic ring is 1. The molecule has 0 aliphatic heterocycles. The minimum Gasteiger partial charge on any atom is -0.394 e. The molecule has 0 aliphatic carbocycles. The summed E-state index contributed by atoms with van der Waals surface area (Å²) in [5.41, 5.74) is 8.25. The minimum absolute atomic E-state index is 0.0520. The molecule has 192 valence electrons. The number of aromatic nitrogens is 3. The molecule has 1 amide bonds. The number of nitrogens with one attached hydrogen (secondary N) is 1. The van der Waals surface area contributed by atoms with E-state index in [9.17, 15) is 23.1 Å². The summed E-state index contributed by atoms with van der Waals surface area (Å²) in [5.74, 6) is -2.76. The van der Waals surface area contributed by atoms with Gasteiger partial charge in [-0.3, -0.25) is 9.48 Å². The van der Waals surface area contributed by atoms with E-state index >= 15 is 4.39 Å². The summed E-state index contributed by atoms with van der Waals surface area (Å²) in [7, 11) is 1.81. The highest BCUT2D eigenvalue weighted by molar-refractivity contribution is 5.95. The highest BCUT2D eigenvalue weighted by Crippen LogP contribution is 2.32. The van der Waals surface area contributed by atoms with E-state index in [1.54, 1.807) is 30.2 Å². The molecular weight excluding hydrogens is 490 g/mol. The average Bonchev–Trinajstić information content (AvgIpc) is 3.20. The van der Waals surface area contributed by atoms with Gasteiger partial charge in [-0.15, -0.1) is 0 Å². The van der Waals surface area contributed by atoms with E-state index in [0.717, 1.165) is 41.1 Å². The van der Waals surface area contributed by atoms with Gasteiger partial charge in [0.05, 0.1) is 30.0 Å². The minimum atomic E-state index is -3.01. The maximum atomic E-state index is 15.0. The summed E-state index contributed by atoms with van der Waals surface area (Å²) in [6.07, 6.45) is 0.263. The molecule has 2 aromatic carbocycles. The zero-order chi connectivity index (χ0) is 26.9. The Hall–Kier alpha value is -4.25. The van der Waals surface area contributed by atoms with Crippen molar-refractivity contribution in [2.75, 3.05) is 12.3 Å². The number of anilines is 1. The lowest BCUT2D eigenvalue weighted by atomic mass is 9.99. The van der Waals surface area contributed by atoms with Crippen molar-refractivity contribution < 1.29 is 27.5 Å². The number of nitrogens with two attached hydrogens (primary N) is 1. The van der Waals surface area contributed by atoms with Gasteiger partial charge in [-0.1, -0.05) is 18.2 Å². The number of aliphatic hydroxyl groups is 1. The van der Waals surface area contributed by atoms with Crippen LogP contribution in [-0.4, -0.2) is 32.4 Å². The van der Waals surface area contributed by atoms with E-state index in [0.29, 0.717) is 11.1 Å². The van der Waals surface area contributed by atoms with Crippen LogP contribution in [0.1, 0.15) is 39.6 Å². The second-order valence-electron chi connectivity index (χ2n) is 8.41. The number of pyridine rings is 1. The molecule has 1 atom stereocenters. The van der Waals surface area contributed by atoms with E-state index in [-0.39, 0.29) is 16.9 Å². The zero-order valence-corrected chi connectivity index (χ0v) is 19.8. The molecule has 2 aromatic heterocycles. The third-order valence-corrected chi connectivity index (χ3v) is 6.14. The zero-order valence-electron chi connectivity index (χ0n) is 19.8. The Morgan fingerprint density at radius 2 is 1.81 bits per heavy atom. The standard InChI is InChI=1S/C26H23F4N5O2/c1-13-20(11-33-35(13)2)16-7-19(25(31)32-10-16)14-3-6-18(22(28)8-14)26(37)34-23(12-36)15-4-5-17(24(29)30)21(27)9-15/h3-11,23-24,36H,12H2,1-2H3,(H2,31,32)(H,34,37). The van der Waals surface area contributed by atoms with Crippen molar-refractivity contribution in [2.24, 2.45) is 7.05 Å². The molecule has 0 saturated heterocycles. The maximum Gasteiger partial charge on any atom is 0.266 e. The number of alkyl halides is 2. The summed E-state index contributed by atoms with van der Waals surface area (Å²) in [6, 6.07) is 7.32. The molecule has 0 fully saturated rings. The van der Waals surface area contributed by atoms with Gasteiger partial charge in [-0.25, -0.2) is 22.5 Å². The fraction of sp³-hybridized carbons (Fsp3) is 0.192. The quantitative estimate of drug-likeness (QED) is 0.310. The van der Waals surface area contributed by atoms with Crippen molar-refractivity contribution in [3.05, 3.63) is 88.9 Å². The van der Waals surface area contributed by atoms with Gasteiger partial charge in [0.1, 0.15) is 17.5 Å². The van der Waals surface area contributed by atoms with Gasteiger partial charge in [0.2, 0.25) is 0 Å². The highest BCUT2D eigenvalue weighted by atomic mass is 19.3. The first-order valence-corrected chi connectivity index (χ1v) is 11.1. The number of halogens is 4. The lowest BCUT2D eigenvalue weighted by Gasteiger charge is -2.18. The lowest BCUT2D eigenvalue weighted by Crippen LogP contribution is -2.31. The second-order valence-corrected chi connectivity index (χ2v) is 8.41. The average molecular weight is 513 g/mol. The fourth-order valence-electron chi connectivity index (χ4n) is 3.91. The molecule has 7 nitrogen and oxygen atoms in total. The summed E-state index contributed by atoms with van der Waals surface area (Å²) in [6.45, 7) is 1.23. The normalized spacial score (nSPS) is 12.1. The molecule has 0 saturated carbocycles. The molecule has 4 aromatic rings. The summed E-state index contributed by atoms with van der Waals surface area (Å²) < 4.78 is 56.3. The number of carbonyl (C=O) groups excluding carboxylic acids is 1. The van der Waals surface area contributed by atoms with Gasteiger partial charge in [-0.2, -0.15) is 5.10 Å². The van der Waals surface area contributed by atoms with E-state index in [1.807, 2.05) is 6.92 Å². The van der Waals surface area contributed by atoms with Crippen LogP contribution in [0.3, 0.4) is 0 Å². The Morgan fingerprint density at radius 1 is 1.05 bits per heavy atom. The van der Waals surface area contributed by atoms with Crippen molar-refractivity contribution in [1.82, 2.24) is 20.1 Å². The van der Waals surface area contributed by atoms with E-state index in [4.69, 9.17) is 5.73 Å². The molecule has 0 spiro atoms. The van der Waals surface area contributed by atoms with Crippen LogP contribution in [-0.2, 0) is 7.05 Å². The molecule has 11 heteroatoms. The number of aliphatic hydroxyl groups excluding tert-OH is 1. The molecule has 1 unspecified atom stereocenters. The van der Waals surface area contributed by atoms with Crippen LogP contribution in [0.15, 0.2) is 54.9 Å². The third kappa shape index (κ3) is 5.17. The number of rotatable bonds is 7. The first-order valence-electron chi connectivity index (χ1n) is 11.1. The maximum absolute atomic E-state index is 15.0. The van der Waals surface area contributed by atoms with Gasteiger partial charge < -0.3 is 16.2 Å². The molecule has 0 bridgehead atoms. The van der Waals surface area contributed by atoms with E-state index in [2.05, 4.69) is 15.4 Å². The molecule has 4 N–H and O–H groups in total. The molecule has 37 heavy (non-hydrogen) atoms. The van der Waals surface area contributed by atoms with Crippen LogP contribution >= 0.6 is 0 Å². The predicted molar refractivity (Wildman–Crippen MR) is 130 cm³/mol. The largest absolute Gasteiger partial charge is 0.394 e. The summed E-state index contributed by atoms with van der Waals surface area (Å²) >= 11 is 0. The second kappa shape index (κ2) is 10.4. The Labute approximate surface area is 209 Å². The lowest BCUT2D eigenvalue weighted by molar-refractivity contribution is 0.0911. The van der Waals surface area contributed by atoms with Gasteiger partial charge in [0, 0.05) is 35.6 Å². The Balaban J connectivity index is 1.59. The number of nitrogens with zero attached hydrogens (tertiary/aromatic N) is 3. The Bertz CT molecular complexity index is 1470. The van der Waals surface area contributed by atoms with Crippen LogP contribution in [0, 0.1) is 18.6 Å². The van der Waals surface area contributed by atoms with Crippen LogP contribution in [0.2, 0.25) is 0 Å². The van der Waals surface area contributed by atoms with Crippen LogP contribution < -0.4 is 11.1 Å². The Morgan fingerprint density at radius 3 is 2.41 bits per heavy atom. The molecule has 4 rings (SSSR count). The highest BCUT2D eigenvalue weighted by Gasteiger charge is 2.21. The van der Waals surface area contributed by atoms with Crippen molar-refractivity contribution in [1.29, 1.82) is 0 Å². The smallest absolute Gasteiger partial charge is 0.266 e. The first kappa shape index (κ1) is 25.8. The number of aryl methyl sites for hydroxylation is 1. The van der Waals surface area contributed by atoms with Crippen molar-refractivity contribution in [3.8, 4) is 22.3 Å². The number of benzene rings is 2. The van der Waals surface area contributed by atoms with Gasteiger partial charge in [0.15, 0.2) is 0 Å². The van der Waals surface area contributed by atoms with Gasteiger partial charge in [-0.05, 0) is 42.3 Å². The summed E-state index contributed by atoms with van der Waals surface area (Å²) in [5, 5.41) is 16.3. The van der Waals surface area contributed by atoms with Gasteiger partial charge >= 0.3 is 0 Å². The van der Waals surface area contributed by atoms with Crippen molar-refractivity contribution >= 4 is 11.7 Å². The first-order chi connectivity index (χ1) is 17.6. The molecule has 0 aliphatic rings. The predicted octanol–water partition coefficient (Wildman–Crippen LogP) is 4.72. The molecule has 0 radical (unpaired) electrons. The van der Waals surface area contributed by atoms with Crippen LogP contribution in [0.25, 0.3) is 22.3 Å². The third-order valence-electron chi connectivity index (χ3n) is 6.14. The summed E-state index contributed by atoms with van der Waals surface area (Å²) in [4.78, 5) is 17.0. The van der Waals surface area contributed by atoms with Crippen LogP contribution in [0.5, 0.6) is 0 Å². The topological polar surface area (TPSA) is 106 Å². The monoisotopic (exact) mass is 513 g/mol. The van der Waals surface area contributed by atoms with E-state index < -0.39 is 42.2 Å². The van der Waals surface area contributed by atoms with Crippen molar-refractivity contribution in [3.63, 3.8) is 0 Å². The number of carbonyl (C=O) groups is 1. The molecular formula is C26H23F4N5O2.